The Morgan fingerprint density at radius 2 is 1.70 bits per heavy atom. The first-order chi connectivity index (χ1) is 12.7. The maximum Gasteiger partial charge on any atom is 0.331 e. The minimum absolute atomic E-state index is 0.0329. The third kappa shape index (κ3) is 6.62. The lowest BCUT2D eigenvalue weighted by atomic mass is 10.2. The van der Waals surface area contributed by atoms with Crippen molar-refractivity contribution in [2.75, 3.05) is 13.7 Å². The van der Waals surface area contributed by atoms with Crippen molar-refractivity contribution in [1.29, 1.82) is 0 Å². The van der Waals surface area contributed by atoms with Crippen LogP contribution in [0.1, 0.15) is 47.1 Å². The Labute approximate surface area is 162 Å². The molecule has 0 saturated carbocycles. The van der Waals surface area contributed by atoms with E-state index >= 15 is 0 Å². The molecule has 1 rings (SSSR count). The number of esters is 1. The van der Waals surface area contributed by atoms with Crippen molar-refractivity contribution in [3.8, 4) is 11.5 Å². The van der Waals surface area contributed by atoms with E-state index in [1.54, 1.807) is 37.1 Å². The van der Waals surface area contributed by atoms with Gasteiger partial charge < -0.3 is 19.1 Å². The molecule has 0 aliphatic carbocycles. The zero-order valence-corrected chi connectivity index (χ0v) is 17.3. The second-order valence-electron chi connectivity index (χ2n) is 6.69. The second-order valence-corrected chi connectivity index (χ2v) is 6.69. The molecule has 0 radical (unpaired) electrons. The number of hydrogen-bond donors (Lipinski definition) is 0. The van der Waals surface area contributed by atoms with Crippen LogP contribution in [0.15, 0.2) is 24.3 Å². The van der Waals surface area contributed by atoms with Crippen molar-refractivity contribution in [2.24, 2.45) is 0 Å². The summed E-state index contributed by atoms with van der Waals surface area (Å²) in [4.78, 5) is 26.3. The maximum absolute atomic E-state index is 12.5. The van der Waals surface area contributed by atoms with Gasteiger partial charge in [0.2, 0.25) is 0 Å². The van der Waals surface area contributed by atoms with Crippen LogP contribution < -0.4 is 9.47 Å². The number of nitrogens with zero attached hydrogens (tertiary/aromatic N) is 1. The summed E-state index contributed by atoms with van der Waals surface area (Å²) in [6, 6.07) is 5.42. The quantitative estimate of drug-likeness (QED) is 0.485. The summed E-state index contributed by atoms with van der Waals surface area (Å²) in [7, 11) is 1.56. The molecule has 6 nitrogen and oxygen atoms in total. The summed E-state index contributed by atoms with van der Waals surface area (Å²) in [5, 5.41) is 0. The molecule has 0 heterocycles. The predicted octanol–water partition coefficient (Wildman–Crippen LogP) is 3.68. The lowest BCUT2D eigenvalue weighted by molar-refractivity contribution is -0.157. The average Bonchev–Trinajstić information content (AvgIpc) is 2.60. The Morgan fingerprint density at radius 3 is 2.22 bits per heavy atom. The van der Waals surface area contributed by atoms with E-state index < -0.39 is 12.1 Å². The molecular weight excluding hydrogens is 346 g/mol. The molecule has 0 aliphatic heterocycles. The van der Waals surface area contributed by atoms with Gasteiger partial charge in [-0.25, -0.2) is 4.79 Å². The molecule has 0 aromatic heterocycles. The molecule has 0 N–H and O–H groups in total. The van der Waals surface area contributed by atoms with Gasteiger partial charge >= 0.3 is 5.97 Å². The highest BCUT2D eigenvalue weighted by Crippen LogP contribution is 2.28. The van der Waals surface area contributed by atoms with E-state index in [4.69, 9.17) is 14.2 Å². The number of carbonyl (C=O) groups excluding carboxylic acids is 2. The van der Waals surface area contributed by atoms with Crippen LogP contribution in [0, 0.1) is 0 Å². The molecule has 0 fully saturated rings. The van der Waals surface area contributed by atoms with Crippen molar-refractivity contribution >= 4 is 18.0 Å². The number of carbonyl (C=O) groups is 2. The highest BCUT2D eigenvalue weighted by molar-refractivity contribution is 5.90. The Balaban J connectivity index is 2.77. The van der Waals surface area contributed by atoms with Crippen molar-refractivity contribution < 1.29 is 23.8 Å². The number of hydrogen-bond acceptors (Lipinski definition) is 5. The van der Waals surface area contributed by atoms with Crippen LogP contribution >= 0.6 is 0 Å². The zero-order valence-electron chi connectivity index (χ0n) is 17.3. The average molecular weight is 377 g/mol. The molecule has 0 spiro atoms. The van der Waals surface area contributed by atoms with E-state index in [1.807, 2.05) is 40.7 Å². The Bertz CT molecular complexity index is 659. The minimum Gasteiger partial charge on any atom is -0.493 e. The lowest BCUT2D eigenvalue weighted by Crippen LogP contribution is -2.47. The molecule has 27 heavy (non-hydrogen) atoms. The molecule has 1 unspecified atom stereocenters. The van der Waals surface area contributed by atoms with Gasteiger partial charge in [-0.05, 0) is 65.3 Å². The van der Waals surface area contributed by atoms with Gasteiger partial charge in [0.05, 0.1) is 13.7 Å². The van der Waals surface area contributed by atoms with E-state index in [9.17, 15) is 9.59 Å². The van der Waals surface area contributed by atoms with Crippen LogP contribution in [0.25, 0.3) is 6.08 Å². The van der Waals surface area contributed by atoms with Gasteiger partial charge in [-0.1, -0.05) is 6.07 Å². The summed E-state index contributed by atoms with van der Waals surface area (Å²) in [5.74, 6) is 0.447. The third-order valence-electron chi connectivity index (χ3n) is 3.91. The van der Waals surface area contributed by atoms with Gasteiger partial charge in [-0.2, -0.15) is 0 Å². The highest BCUT2D eigenvalue weighted by atomic mass is 16.5. The molecule has 0 bridgehead atoms. The van der Waals surface area contributed by atoms with Gasteiger partial charge in [0, 0.05) is 18.2 Å². The van der Waals surface area contributed by atoms with E-state index in [2.05, 4.69) is 0 Å². The minimum atomic E-state index is -0.846. The van der Waals surface area contributed by atoms with Gasteiger partial charge in [0.1, 0.15) is 0 Å². The Kier molecular flexibility index (Phi) is 8.85. The second kappa shape index (κ2) is 10.6. The van der Waals surface area contributed by atoms with Crippen LogP contribution in [0.5, 0.6) is 11.5 Å². The molecule has 6 heteroatoms. The van der Waals surface area contributed by atoms with Crippen molar-refractivity contribution in [1.82, 2.24) is 4.90 Å². The summed E-state index contributed by atoms with van der Waals surface area (Å²) >= 11 is 0. The monoisotopic (exact) mass is 377 g/mol. The number of amides is 1. The maximum atomic E-state index is 12.5. The predicted molar refractivity (Wildman–Crippen MR) is 106 cm³/mol. The van der Waals surface area contributed by atoms with E-state index in [0.29, 0.717) is 18.1 Å². The highest BCUT2D eigenvalue weighted by Gasteiger charge is 2.27. The zero-order chi connectivity index (χ0) is 20.6. The topological polar surface area (TPSA) is 65.1 Å². The molecule has 0 saturated heterocycles. The number of ether oxygens (including phenoxy) is 3. The summed E-state index contributed by atoms with van der Waals surface area (Å²) in [6.07, 6.45) is 2.07. The van der Waals surface area contributed by atoms with Crippen molar-refractivity contribution in [3.05, 3.63) is 29.8 Å². The molecule has 1 aromatic carbocycles. The lowest BCUT2D eigenvalue weighted by Gasteiger charge is -2.32. The van der Waals surface area contributed by atoms with E-state index in [1.165, 1.54) is 6.08 Å². The first-order valence-electron chi connectivity index (χ1n) is 9.22. The molecule has 1 aromatic rings. The third-order valence-corrected chi connectivity index (χ3v) is 3.91. The van der Waals surface area contributed by atoms with Gasteiger partial charge in [-0.3, -0.25) is 4.79 Å². The van der Waals surface area contributed by atoms with Crippen LogP contribution in [0.2, 0.25) is 0 Å². The van der Waals surface area contributed by atoms with Crippen molar-refractivity contribution in [2.45, 2.75) is 59.7 Å². The number of benzene rings is 1. The number of methoxy groups -OCH3 is 1. The van der Waals surface area contributed by atoms with Crippen LogP contribution in [0.4, 0.5) is 0 Å². The molecule has 1 atom stereocenters. The fourth-order valence-electron chi connectivity index (χ4n) is 2.81. The Morgan fingerprint density at radius 1 is 1.07 bits per heavy atom. The summed E-state index contributed by atoms with van der Waals surface area (Å²) in [5.41, 5.74) is 0.761. The Hall–Kier alpha value is -2.50. The first kappa shape index (κ1) is 22.5. The fourth-order valence-corrected chi connectivity index (χ4v) is 2.81. The van der Waals surface area contributed by atoms with Crippen LogP contribution in [0.3, 0.4) is 0 Å². The normalized spacial score (nSPS) is 12.3. The molecule has 0 aliphatic rings. The van der Waals surface area contributed by atoms with Crippen molar-refractivity contribution in [3.63, 3.8) is 0 Å². The van der Waals surface area contributed by atoms with Gasteiger partial charge in [0.25, 0.3) is 5.91 Å². The SMILES string of the molecule is CCOc1ccc(/C=C/C(=O)OC(C)C(=O)N(C(C)C)C(C)C)cc1OC. The van der Waals surface area contributed by atoms with E-state index in [-0.39, 0.29) is 18.0 Å². The summed E-state index contributed by atoms with van der Waals surface area (Å²) in [6.45, 7) is 11.8. The van der Waals surface area contributed by atoms with E-state index in [0.717, 1.165) is 5.56 Å². The van der Waals surface area contributed by atoms with Crippen LogP contribution in [-0.4, -0.2) is 48.7 Å². The van der Waals surface area contributed by atoms with Gasteiger partial charge in [-0.15, -0.1) is 0 Å². The molecular formula is C21H31NO5. The van der Waals surface area contributed by atoms with Gasteiger partial charge in [0.15, 0.2) is 17.6 Å². The summed E-state index contributed by atoms with van der Waals surface area (Å²) < 4.78 is 16.0. The molecule has 1 amide bonds. The smallest absolute Gasteiger partial charge is 0.331 e. The molecule has 150 valence electrons. The number of rotatable bonds is 9. The largest absolute Gasteiger partial charge is 0.493 e. The first-order valence-corrected chi connectivity index (χ1v) is 9.22. The standard InChI is InChI=1S/C21H31NO5/c1-8-26-18-11-9-17(13-19(18)25-7)10-12-20(23)27-16(6)21(24)22(14(2)3)15(4)5/h9-16H,8H2,1-7H3/b12-10+. The van der Waals surface area contributed by atoms with Crippen LogP contribution in [-0.2, 0) is 14.3 Å². The fraction of sp³-hybridized carbons (Fsp3) is 0.524.